The summed E-state index contributed by atoms with van der Waals surface area (Å²) < 4.78 is 9.90. The molecule has 20 heavy (non-hydrogen) atoms. The number of esters is 1. The van der Waals surface area contributed by atoms with Crippen LogP contribution in [0.1, 0.15) is 21.7 Å². The maximum absolute atomic E-state index is 11.8. The number of benzene rings is 1. The highest BCUT2D eigenvalue weighted by Crippen LogP contribution is 2.05. The van der Waals surface area contributed by atoms with Gasteiger partial charge < -0.3 is 9.15 Å². The van der Waals surface area contributed by atoms with Gasteiger partial charge in [0, 0.05) is 11.6 Å². The summed E-state index contributed by atoms with van der Waals surface area (Å²) in [6.07, 6.45) is 4.21. The summed E-state index contributed by atoms with van der Waals surface area (Å²) in [4.78, 5) is 23.2. The maximum Gasteiger partial charge on any atom is 0.331 e. The molecule has 2 rings (SSSR count). The van der Waals surface area contributed by atoms with Gasteiger partial charge in [0.05, 0.1) is 6.26 Å². The third-order valence-corrected chi connectivity index (χ3v) is 2.65. The van der Waals surface area contributed by atoms with Gasteiger partial charge in [-0.15, -0.1) is 0 Å². The van der Waals surface area contributed by atoms with E-state index in [1.54, 1.807) is 24.3 Å². The second-order valence-electron chi connectivity index (χ2n) is 4.25. The molecule has 0 atom stereocenters. The quantitative estimate of drug-likeness (QED) is 0.476. The van der Waals surface area contributed by atoms with Gasteiger partial charge >= 0.3 is 5.97 Å². The number of ether oxygens (including phenoxy) is 1. The number of hydrogen-bond donors (Lipinski definition) is 0. The third-order valence-electron chi connectivity index (χ3n) is 2.65. The molecule has 0 N–H and O–H groups in total. The minimum Gasteiger partial charge on any atom is -0.465 e. The lowest BCUT2D eigenvalue weighted by molar-refractivity contribution is -0.136. The van der Waals surface area contributed by atoms with E-state index in [0.29, 0.717) is 11.3 Å². The first-order valence-electron chi connectivity index (χ1n) is 6.13. The van der Waals surface area contributed by atoms with E-state index in [0.717, 1.165) is 5.56 Å². The molecule has 0 fully saturated rings. The molecule has 4 heteroatoms. The number of furan rings is 1. The molecule has 0 amide bonds. The Labute approximate surface area is 116 Å². The first kappa shape index (κ1) is 13.8. The van der Waals surface area contributed by atoms with Crippen molar-refractivity contribution >= 4 is 17.8 Å². The van der Waals surface area contributed by atoms with Crippen LogP contribution in [-0.2, 0) is 9.53 Å². The first-order chi connectivity index (χ1) is 9.65. The minimum absolute atomic E-state index is 0.232. The van der Waals surface area contributed by atoms with Crippen LogP contribution in [0.15, 0.2) is 53.2 Å². The summed E-state index contributed by atoms with van der Waals surface area (Å²) in [6.45, 7) is 1.66. The molecule has 0 aliphatic rings. The fourth-order valence-electron chi connectivity index (χ4n) is 1.54. The highest BCUT2D eigenvalue weighted by molar-refractivity contribution is 5.98. The van der Waals surface area contributed by atoms with Crippen LogP contribution in [0.25, 0.3) is 6.08 Å². The zero-order chi connectivity index (χ0) is 14.4. The predicted molar refractivity (Wildman–Crippen MR) is 74.2 cm³/mol. The van der Waals surface area contributed by atoms with Gasteiger partial charge in [-0.3, -0.25) is 4.79 Å². The van der Waals surface area contributed by atoms with Crippen molar-refractivity contribution in [3.63, 3.8) is 0 Å². The van der Waals surface area contributed by atoms with Gasteiger partial charge in [0.25, 0.3) is 0 Å². The Balaban J connectivity index is 1.84. The van der Waals surface area contributed by atoms with Gasteiger partial charge in [0.15, 0.2) is 12.4 Å². The number of ketones is 1. The lowest BCUT2D eigenvalue weighted by Crippen LogP contribution is -2.12. The third kappa shape index (κ3) is 3.95. The Morgan fingerprint density at radius 3 is 2.60 bits per heavy atom. The van der Waals surface area contributed by atoms with Crippen molar-refractivity contribution in [3.05, 3.63) is 65.6 Å². The van der Waals surface area contributed by atoms with Crippen LogP contribution in [-0.4, -0.2) is 18.4 Å². The molecule has 4 nitrogen and oxygen atoms in total. The van der Waals surface area contributed by atoms with Crippen LogP contribution in [0.2, 0.25) is 0 Å². The van der Waals surface area contributed by atoms with E-state index in [4.69, 9.17) is 9.15 Å². The molecule has 2 aromatic rings. The zero-order valence-corrected chi connectivity index (χ0v) is 11.0. The van der Waals surface area contributed by atoms with Crippen LogP contribution < -0.4 is 0 Å². The molecule has 1 heterocycles. The van der Waals surface area contributed by atoms with Gasteiger partial charge in [0.1, 0.15) is 5.76 Å². The average Bonchev–Trinajstić information content (AvgIpc) is 2.96. The van der Waals surface area contributed by atoms with Crippen molar-refractivity contribution in [1.29, 1.82) is 0 Å². The van der Waals surface area contributed by atoms with Crippen molar-refractivity contribution < 1.29 is 18.7 Å². The summed E-state index contributed by atoms with van der Waals surface area (Å²) >= 11 is 0. The van der Waals surface area contributed by atoms with E-state index in [2.05, 4.69) is 0 Å². The lowest BCUT2D eigenvalue weighted by atomic mass is 10.1. The van der Waals surface area contributed by atoms with Gasteiger partial charge in [0.2, 0.25) is 0 Å². The zero-order valence-electron chi connectivity index (χ0n) is 11.0. The Morgan fingerprint density at radius 2 is 1.95 bits per heavy atom. The number of rotatable bonds is 5. The largest absolute Gasteiger partial charge is 0.465 e. The molecule has 1 aromatic carbocycles. The fraction of sp³-hybridized carbons (Fsp3) is 0.125. The Hall–Kier alpha value is -2.62. The normalized spacial score (nSPS) is 10.7. The molecule has 1 aromatic heterocycles. The maximum atomic E-state index is 11.8. The fourth-order valence-corrected chi connectivity index (χ4v) is 1.54. The monoisotopic (exact) mass is 270 g/mol. The lowest BCUT2D eigenvalue weighted by Gasteiger charge is -2.02. The number of aryl methyl sites for hydroxylation is 1. The summed E-state index contributed by atoms with van der Waals surface area (Å²) in [6, 6.07) is 10.5. The molecule has 0 spiro atoms. The average molecular weight is 270 g/mol. The number of Topliss-reactive ketones (excluding diaryl/α,β-unsaturated/α-hetero) is 1. The van der Waals surface area contributed by atoms with Gasteiger partial charge in [-0.1, -0.05) is 29.8 Å². The molecule has 0 bridgehead atoms. The van der Waals surface area contributed by atoms with Crippen LogP contribution in [0, 0.1) is 6.92 Å². The van der Waals surface area contributed by atoms with Crippen molar-refractivity contribution in [2.75, 3.05) is 6.61 Å². The van der Waals surface area contributed by atoms with Crippen molar-refractivity contribution in [1.82, 2.24) is 0 Å². The molecular weight excluding hydrogens is 256 g/mol. The standard InChI is InChI=1S/C16H14O4/c1-12-4-6-13(7-5-12)15(17)11-20-16(18)9-8-14-3-2-10-19-14/h2-10H,11H2,1H3. The molecule has 102 valence electrons. The molecule has 0 saturated heterocycles. The van der Waals surface area contributed by atoms with E-state index in [1.165, 1.54) is 18.4 Å². The molecule has 0 unspecified atom stereocenters. The summed E-state index contributed by atoms with van der Waals surface area (Å²) in [7, 11) is 0. The van der Waals surface area contributed by atoms with Crippen LogP contribution in [0.5, 0.6) is 0 Å². The molecule has 0 aliphatic heterocycles. The van der Waals surface area contributed by atoms with E-state index in [9.17, 15) is 9.59 Å². The van der Waals surface area contributed by atoms with Crippen LogP contribution in [0.4, 0.5) is 0 Å². The van der Waals surface area contributed by atoms with Crippen LogP contribution >= 0.6 is 0 Å². The summed E-state index contributed by atoms with van der Waals surface area (Å²) in [5.74, 6) is -0.265. The SMILES string of the molecule is Cc1ccc(C(=O)COC(=O)C=Cc2ccco2)cc1. The predicted octanol–water partition coefficient (Wildman–Crippen LogP) is 3.03. The van der Waals surface area contributed by atoms with Crippen molar-refractivity contribution in [2.45, 2.75) is 6.92 Å². The van der Waals surface area contributed by atoms with Crippen molar-refractivity contribution in [2.24, 2.45) is 0 Å². The number of carbonyl (C=O) groups excluding carboxylic acids is 2. The van der Waals surface area contributed by atoms with E-state index >= 15 is 0 Å². The Bertz CT molecular complexity index is 606. The topological polar surface area (TPSA) is 56.5 Å². The second kappa shape index (κ2) is 6.52. The number of hydrogen-bond acceptors (Lipinski definition) is 4. The van der Waals surface area contributed by atoms with Crippen molar-refractivity contribution in [3.8, 4) is 0 Å². The van der Waals surface area contributed by atoms with E-state index in [1.807, 2.05) is 19.1 Å². The molecule has 0 radical (unpaired) electrons. The first-order valence-corrected chi connectivity index (χ1v) is 6.13. The second-order valence-corrected chi connectivity index (χ2v) is 4.25. The highest BCUT2D eigenvalue weighted by Gasteiger charge is 2.08. The Morgan fingerprint density at radius 1 is 1.20 bits per heavy atom. The van der Waals surface area contributed by atoms with Gasteiger partial charge in [-0.05, 0) is 25.1 Å². The summed E-state index contributed by atoms with van der Waals surface area (Å²) in [5, 5.41) is 0. The smallest absolute Gasteiger partial charge is 0.331 e. The Kier molecular flexibility index (Phi) is 4.50. The molecule has 0 aliphatic carbocycles. The molecular formula is C16H14O4. The van der Waals surface area contributed by atoms with E-state index < -0.39 is 5.97 Å². The minimum atomic E-state index is -0.582. The van der Waals surface area contributed by atoms with Crippen LogP contribution in [0.3, 0.4) is 0 Å². The molecule has 0 saturated carbocycles. The van der Waals surface area contributed by atoms with Gasteiger partial charge in [-0.2, -0.15) is 0 Å². The number of carbonyl (C=O) groups is 2. The summed E-state index contributed by atoms with van der Waals surface area (Å²) in [5.41, 5.74) is 1.60. The highest BCUT2D eigenvalue weighted by atomic mass is 16.5. The van der Waals surface area contributed by atoms with Gasteiger partial charge in [-0.25, -0.2) is 4.79 Å². The van der Waals surface area contributed by atoms with E-state index in [-0.39, 0.29) is 12.4 Å².